The number of ether oxygens (including phenoxy) is 1. The standard InChI is InChI=1S/C25H28O/c1-4-19-26-24-22(20-13-8-7-9-14-20)17-12-18-23(24)25(5-2,6-3)21-15-10-11-16-21/h4,7-10,12-18H,1,5-6,11,19H2,2-3H3. The van der Waals surface area contributed by atoms with Gasteiger partial charge >= 0.3 is 0 Å². The third-order valence-corrected chi connectivity index (χ3v) is 5.49. The van der Waals surface area contributed by atoms with Crippen LogP contribution in [0.2, 0.25) is 0 Å². The number of hydrogen-bond acceptors (Lipinski definition) is 1. The second-order valence-electron chi connectivity index (χ2n) is 6.73. The molecule has 134 valence electrons. The van der Waals surface area contributed by atoms with Crippen molar-refractivity contribution < 1.29 is 4.74 Å². The van der Waals surface area contributed by atoms with Crippen molar-refractivity contribution in [3.05, 3.63) is 90.6 Å². The molecule has 2 aromatic carbocycles. The maximum atomic E-state index is 6.27. The fourth-order valence-electron chi connectivity index (χ4n) is 4.06. The van der Waals surface area contributed by atoms with E-state index >= 15 is 0 Å². The SMILES string of the molecule is C=CCOc1c(-c2ccccc2)cccc1C(CC)(CC)C1=CCC=C1. The van der Waals surface area contributed by atoms with E-state index in [1.54, 1.807) is 0 Å². The Bertz CT molecular complexity index is 807. The Morgan fingerprint density at radius 2 is 1.81 bits per heavy atom. The Kier molecular flexibility index (Phi) is 5.78. The van der Waals surface area contributed by atoms with E-state index in [9.17, 15) is 0 Å². The third-order valence-electron chi connectivity index (χ3n) is 5.49. The zero-order valence-corrected chi connectivity index (χ0v) is 15.9. The summed E-state index contributed by atoms with van der Waals surface area (Å²) in [6.07, 6.45) is 11.8. The number of para-hydroxylation sites is 1. The molecule has 0 atom stereocenters. The molecular formula is C25H28O. The lowest BCUT2D eigenvalue weighted by atomic mass is 9.69. The minimum absolute atomic E-state index is 0.0195. The van der Waals surface area contributed by atoms with Crippen LogP contribution in [0.3, 0.4) is 0 Å². The minimum atomic E-state index is -0.0195. The maximum absolute atomic E-state index is 6.27. The van der Waals surface area contributed by atoms with Gasteiger partial charge in [-0.3, -0.25) is 0 Å². The average molecular weight is 344 g/mol. The summed E-state index contributed by atoms with van der Waals surface area (Å²) >= 11 is 0. The van der Waals surface area contributed by atoms with Crippen LogP contribution in [-0.2, 0) is 5.41 Å². The van der Waals surface area contributed by atoms with Gasteiger partial charge in [0, 0.05) is 16.5 Å². The van der Waals surface area contributed by atoms with Crippen molar-refractivity contribution >= 4 is 0 Å². The minimum Gasteiger partial charge on any atom is -0.489 e. The summed E-state index contributed by atoms with van der Waals surface area (Å²) in [5.74, 6) is 0.989. The lowest BCUT2D eigenvalue weighted by molar-refractivity contribution is 0.346. The van der Waals surface area contributed by atoms with Crippen LogP contribution < -0.4 is 4.74 Å². The fourth-order valence-corrected chi connectivity index (χ4v) is 4.06. The Morgan fingerprint density at radius 1 is 1.04 bits per heavy atom. The first-order valence-electron chi connectivity index (χ1n) is 9.56. The topological polar surface area (TPSA) is 9.23 Å². The van der Waals surface area contributed by atoms with Crippen molar-refractivity contribution in [3.63, 3.8) is 0 Å². The van der Waals surface area contributed by atoms with E-state index in [0.717, 1.165) is 30.6 Å². The summed E-state index contributed by atoms with van der Waals surface area (Å²) < 4.78 is 6.27. The molecule has 0 spiro atoms. The van der Waals surface area contributed by atoms with Gasteiger partial charge in [-0.1, -0.05) is 93.3 Å². The van der Waals surface area contributed by atoms with Gasteiger partial charge in [-0.25, -0.2) is 0 Å². The molecule has 0 radical (unpaired) electrons. The summed E-state index contributed by atoms with van der Waals surface area (Å²) in [6.45, 7) is 8.91. The molecule has 0 saturated carbocycles. The summed E-state index contributed by atoms with van der Waals surface area (Å²) in [5, 5.41) is 0. The largest absolute Gasteiger partial charge is 0.489 e. The van der Waals surface area contributed by atoms with Gasteiger partial charge in [-0.15, -0.1) is 0 Å². The summed E-state index contributed by atoms with van der Waals surface area (Å²) in [6, 6.07) is 17.1. The van der Waals surface area contributed by atoms with Gasteiger partial charge in [0.25, 0.3) is 0 Å². The smallest absolute Gasteiger partial charge is 0.131 e. The highest BCUT2D eigenvalue weighted by atomic mass is 16.5. The molecule has 26 heavy (non-hydrogen) atoms. The average Bonchev–Trinajstić information content (AvgIpc) is 3.24. The Hall–Kier alpha value is -2.54. The van der Waals surface area contributed by atoms with Gasteiger partial charge in [0.05, 0.1) is 0 Å². The lowest BCUT2D eigenvalue weighted by Crippen LogP contribution is -2.27. The third kappa shape index (κ3) is 3.26. The molecule has 2 aromatic rings. The number of allylic oxidation sites excluding steroid dienone is 4. The van der Waals surface area contributed by atoms with Gasteiger partial charge in [0.1, 0.15) is 12.4 Å². The first kappa shape index (κ1) is 18.3. The Balaban J connectivity index is 2.22. The number of hydrogen-bond donors (Lipinski definition) is 0. The van der Waals surface area contributed by atoms with Gasteiger partial charge in [0.15, 0.2) is 0 Å². The predicted octanol–water partition coefficient (Wildman–Crippen LogP) is 6.86. The molecule has 0 unspecified atom stereocenters. The molecule has 1 aliphatic rings. The van der Waals surface area contributed by atoms with Crippen LogP contribution in [0, 0.1) is 0 Å². The van der Waals surface area contributed by atoms with Gasteiger partial charge in [0.2, 0.25) is 0 Å². The van der Waals surface area contributed by atoms with Crippen LogP contribution >= 0.6 is 0 Å². The summed E-state index contributed by atoms with van der Waals surface area (Å²) in [5.41, 5.74) is 5.01. The van der Waals surface area contributed by atoms with Crippen molar-refractivity contribution in [2.75, 3.05) is 6.61 Å². The van der Waals surface area contributed by atoms with E-state index in [2.05, 4.69) is 81.1 Å². The maximum Gasteiger partial charge on any atom is 0.131 e. The van der Waals surface area contributed by atoms with E-state index in [4.69, 9.17) is 4.74 Å². The van der Waals surface area contributed by atoms with Crippen molar-refractivity contribution in [1.82, 2.24) is 0 Å². The quantitative estimate of drug-likeness (QED) is 0.475. The van der Waals surface area contributed by atoms with E-state index in [1.807, 2.05) is 12.1 Å². The number of benzene rings is 2. The fraction of sp³-hybridized carbons (Fsp3) is 0.280. The predicted molar refractivity (Wildman–Crippen MR) is 112 cm³/mol. The zero-order valence-electron chi connectivity index (χ0n) is 15.9. The van der Waals surface area contributed by atoms with Gasteiger partial charge in [-0.05, 0) is 30.4 Å². The molecule has 0 N–H and O–H groups in total. The molecule has 1 aliphatic carbocycles. The second-order valence-corrected chi connectivity index (χ2v) is 6.73. The van der Waals surface area contributed by atoms with Crippen LogP contribution in [0.25, 0.3) is 11.1 Å². The van der Waals surface area contributed by atoms with Gasteiger partial charge in [-0.2, -0.15) is 0 Å². The highest BCUT2D eigenvalue weighted by molar-refractivity contribution is 5.74. The molecule has 0 aromatic heterocycles. The first-order valence-corrected chi connectivity index (χ1v) is 9.56. The normalized spacial score (nSPS) is 13.5. The van der Waals surface area contributed by atoms with Crippen LogP contribution in [-0.4, -0.2) is 6.61 Å². The van der Waals surface area contributed by atoms with Crippen LogP contribution in [0.4, 0.5) is 0 Å². The lowest BCUT2D eigenvalue weighted by Gasteiger charge is -2.35. The van der Waals surface area contributed by atoms with E-state index < -0.39 is 0 Å². The Labute approximate surface area is 157 Å². The molecule has 0 aliphatic heterocycles. The molecule has 1 nitrogen and oxygen atoms in total. The highest BCUT2D eigenvalue weighted by Crippen LogP contribution is 2.48. The second kappa shape index (κ2) is 8.23. The molecule has 0 amide bonds. The molecule has 0 bridgehead atoms. The number of rotatable bonds is 8. The molecule has 0 heterocycles. The van der Waals surface area contributed by atoms with Gasteiger partial charge < -0.3 is 4.74 Å². The highest BCUT2D eigenvalue weighted by Gasteiger charge is 2.35. The molecule has 3 rings (SSSR count). The molecule has 1 heteroatoms. The van der Waals surface area contributed by atoms with E-state index in [1.165, 1.54) is 16.7 Å². The molecule has 0 fully saturated rings. The van der Waals surface area contributed by atoms with Crippen LogP contribution in [0.5, 0.6) is 5.75 Å². The zero-order chi connectivity index (χ0) is 18.4. The van der Waals surface area contributed by atoms with E-state index in [-0.39, 0.29) is 5.41 Å². The Morgan fingerprint density at radius 3 is 2.42 bits per heavy atom. The monoisotopic (exact) mass is 344 g/mol. The molecule has 0 saturated heterocycles. The van der Waals surface area contributed by atoms with Crippen molar-refractivity contribution in [2.45, 2.75) is 38.5 Å². The molecular weight excluding hydrogens is 316 g/mol. The summed E-state index contributed by atoms with van der Waals surface area (Å²) in [7, 11) is 0. The van der Waals surface area contributed by atoms with Crippen molar-refractivity contribution in [1.29, 1.82) is 0 Å². The van der Waals surface area contributed by atoms with Crippen molar-refractivity contribution in [2.24, 2.45) is 0 Å². The first-order chi connectivity index (χ1) is 12.8. The van der Waals surface area contributed by atoms with Crippen LogP contribution in [0.1, 0.15) is 38.7 Å². The summed E-state index contributed by atoms with van der Waals surface area (Å²) in [4.78, 5) is 0. The van der Waals surface area contributed by atoms with Crippen LogP contribution in [0.15, 0.2) is 85.0 Å². The van der Waals surface area contributed by atoms with Crippen molar-refractivity contribution in [3.8, 4) is 16.9 Å². The van der Waals surface area contributed by atoms with E-state index in [0.29, 0.717) is 6.61 Å².